The lowest BCUT2D eigenvalue weighted by Gasteiger charge is -2.29. The molecule has 0 unspecified atom stereocenters. The third kappa shape index (κ3) is 4.99. The van der Waals surface area contributed by atoms with Crippen LogP contribution in [0.2, 0.25) is 0 Å². The number of hydrogen-bond acceptors (Lipinski definition) is 4. The quantitative estimate of drug-likeness (QED) is 0.559. The lowest BCUT2D eigenvalue weighted by molar-refractivity contribution is -0.133. The Bertz CT molecular complexity index is 485. The lowest BCUT2D eigenvalue weighted by Crippen LogP contribution is -2.41. The van der Waals surface area contributed by atoms with Gasteiger partial charge in [0, 0.05) is 12.2 Å². The van der Waals surface area contributed by atoms with Gasteiger partial charge in [-0.1, -0.05) is 64.7 Å². The molecule has 2 aliphatic rings. The SMILES string of the molecule is CCCCCCCCCCC[C@H]1N=C(N)N2CCCC2=C1C(=O)O. The number of allylic oxidation sites excluding steroid dienone is 1. The van der Waals surface area contributed by atoms with Crippen LogP contribution in [0.3, 0.4) is 0 Å². The number of carbonyl (C=O) groups is 1. The Balaban J connectivity index is 1.73. The van der Waals surface area contributed by atoms with Crippen LogP contribution < -0.4 is 5.73 Å². The van der Waals surface area contributed by atoms with Gasteiger partial charge in [0.25, 0.3) is 0 Å². The number of carboxylic acid groups (broad SMARTS) is 1. The molecule has 0 bridgehead atoms. The molecule has 0 saturated carbocycles. The molecule has 5 nitrogen and oxygen atoms in total. The van der Waals surface area contributed by atoms with Gasteiger partial charge in [-0.2, -0.15) is 0 Å². The second-order valence-corrected chi connectivity index (χ2v) is 7.04. The molecule has 1 saturated heterocycles. The van der Waals surface area contributed by atoms with Crippen molar-refractivity contribution in [1.82, 2.24) is 4.90 Å². The molecule has 5 heteroatoms. The summed E-state index contributed by atoms with van der Waals surface area (Å²) in [5.74, 6) is -0.317. The van der Waals surface area contributed by atoms with E-state index in [1.54, 1.807) is 0 Å². The fourth-order valence-corrected chi connectivity index (χ4v) is 3.82. The average molecular weight is 335 g/mol. The van der Waals surface area contributed by atoms with E-state index in [0.29, 0.717) is 11.5 Å². The van der Waals surface area contributed by atoms with Crippen molar-refractivity contribution in [3.63, 3.8) is 0 Å². The lowest BCUT2D eigenvalue weighted by atomic mass is 9.96. The normalized spacial score (nSPS) is 20.3. The molecule has 1 fully saturated rings. The number of aliphatic carboxylic acids is 1. The van der Waals surface area contributed by atoms with Gasteiger partial charge in [-0.3, -0.25) is 0 Å². The monoisotopic (exact) mass is 335 g/mol. The molecule has 136 valence electrons. The van der Waals surface area contributed by atoms with Gasteiger partial charge < -0.3 is 15.7 Å². The smallest absolute Gasteiger partial charge is 0.335 e. The van der Waals surface area contributed by atoms with Gasteiger partial charge >= 0.3 is 5.97 Å². The van der Waals surface area contributed by atoms with Crippen LogP contribution in [-0.4, -0.2) is 34.5 Å². The molecule has 0 spiro atoms. The summed E-state index contributed by atoms with van der Waals surface area (Å²) in [6.07, 6.45) is 14.0. The molecule has 1 atom stereocenters. The highest BCUT2D eigenvalue weighted by molar-refractivity contribution is 5.93. The first kappa shape index (κ1) is 18.8. The molecule has 2 rings (SSSR count). The van der Waals surface area contributed by atoms with Gasteiger partial charge in [-0.05, 0) is 19.3 Å². The number of unbranched alkanes of at least 4 members (excludes halogenated alkanes) is 8. The highest BCUT2D eigenvalue weighted by Gasteiger charge is 2.35. The number of nitrogens with two attached hydrogens (primary N) is 1. The van der Waals surface area contributed by atoms with Crippen molar-refractivity contribution < 1.29 is 9.90 Å². The summed E-state index contributed by atoms with van der Waals surface area (Å²) < 4.78 is 0. The molecule has 0 radical (unpaired) electrons. The Labute approximate surface area is 146 Å². The molecular weight excluding hydrogens is 302 g/mol. The van der Waals surface area contributed by atoms with Gasteiger partial charge in [0.15, 0.2) is 5.96 Å². The van der Waals surface area contributed by atoms with Crippen LogP contribution in [0.5, 0.6) is 0 Å². The zero-order valence-corrected chi connectivity index (χ0v) is 15.1. The molecule has 0 aromatic carbocycles. The number of aliphatic imine (C=N–C) groups is 1. The Morgan fingerprint density at radius 2 is 1.79 bits per heavy atom. The summed E-state index contributed by atoms with van der Waals surface area (Å²) in [7, 11) is 0. The Morgan fingerprint density at radius 3 is 2.42 bits per heavy atom. The standard InChI is InChI=1S/C19H33N3O2/c1-2-3-4-5-6-7-8-9-10-12-15-17(18(23)24)16-13-11-14-22(16)19(20)21-15/h15H,2-14H2,1H3,(H2,20,21)(H,23,24)/t15-/m1/s1. The highest BCUT2D eigenvalue weighted by atomic mass is 16.4. The van der Waals surface area contributed by atoms with E-state index in [4.69, 9.17) is 5.73 Å². The van der Waals surface area contributed by atoms with Crippen molar-refractivity contribution in [1.29, 1.82) is 0 Å². The number of rotatable bonds is 11. The molecule has 0 aromatic rings. The molecule has 24 heavy (non-hydrogen) atoms. The summed E-state index contributed by atoms with van der Waals surface area (Å²) in [6, 6.07) is -0.253. The maximum absolute atomic E-state index is 11.7. The largest absolute Gasteiger partial charge is 0.478 e. The van der Waals surface area contributed by atoms with Crippen LogP contribution in [0.1, 0.15) is 84.0 Å². The van der Waals surface area contributed by atoms with E-state index in [0.717, 1.165) is 44.3 Å². The summed E-state index contributed by atoms with van der Waals surface area (Å²) in [5.41, 5.74) is 7.42. The fraction of sp³-hybridized carbons (Fsp3) is 0.789. The molecule has 0 amide bonds. The summed E-state index contributed by atoms with van der Waals surface area (Å²) in [5, 5.41) is 9.59. The highest BCUT2D eigenvalue weighted by Crippen LogP contribution is 2.32. The van der Waals surface area contributed by atoms with E-state index in [-0.39, 0.29) is 6.04 Å². The fourth-order valence-electron chi connectivity index (χ4n) is 3.82. The van der Waals surface area contributed by atoms with Gasteiger partial charge in [0.05, 0.1) is 11.6 Å². The molecule has 2 heterocycles. The first-order valence-electron chi connectivity index (χ1n) is 9.72. The average Bonchev–Trinajstić information content (AvgIpc) is 3.03. The second kappa shape index (κ2) is 9.70. The second-order valence-electron chi connectivity index (χ2n) is 7.04. The van der Waals surface area contributed by atoms with Gasteiger partial charge in [0.1, 0.15) is 0 Å². The number of fused-ring (bicyclic) bond motifs is 1. The van der Waals surface area contributed by atoms with Crippen molar-refractivity contribution in [2.75, 3.05) is 6.54 Å². The van der Waals surface area contributed by atoms with Crippen LogP contribution in [-0.2, 0) is 4.79 Å². The van der Waals surface area contributed by atoms with Crippen molar-refractivity contribution in [2.45, 2.75) is 90.0 Å². The zero-order chi connectivity index (χ0) is 17.4. The molecule has 0 aromatic heterocycles. The Hall–Kier alpha value is -1.52. The van der Waals surface area contributed by atoms with Gasteiger partial charge in [-0.15, -0.1) is 0 Å². The minimum Gasteiger partial charge on any atom is -0.478 e. The third-order valence-corrected chi connectivity index (χ3v) is 5.14. The van der Waals surface area contributed by atoms with E-state index in [1.807, 2.05) is 4.90 Å². The van der Waals surface area contributed by atoms with Crippen LogP contribution >= 0.6 is 0 Å². The number of guanidine groups is 1. The molecule has 2 aliphatic heterocycles. The van der Waals surface area contributed by atoms with E-state index < -0.39 is 5.97 Å². The van der Waals surface area contributed by atoms with Crippen molar-refractivity contribution in [3.05, 3.63) is 11.3 Å². The Morgan fingerprint density at radius 1 is 1.17 bits per heavy atom. The number of hydrogen-bond donors (Lipinski definition) is 2. The van der Waals surface area contributed by atoms with E-state index in [1.165, 1.54) is 44.9 Å². The minimum atomic E-state index is -0.825. The van der Waals surface area contributed by atoms with E-state index >= 15 is 0 Å². The predicted octanol–water partition coefficient (Wildman–Crippen LogP) is 4.04. The third-order valence-electron chi connectivity index (χ3n) is 5.14. The van der Waals surface area contributed by atoms with Crippen LogP contribution in [0.25, 0.3) is 0 Å². The summed E-state index contributed by atoms with van der Waals surface area (Å²) >= 11 is 0. The van der Waals surface area contributed by atoms with Crippen LogP contribution in [0.4, 0.5) is 0 Å². The Kier molecular flexibility index (Phi) is 7.60. The number of nitrogens with zero attached hydrogens (tertiary/aromatic N) is 2. The van der Waals surface area contributed by atoms with Crippen molar-refractivity contribution in [2.24, 2.45) is 10.7 Å². The molecular formula is C19H33N3O2. The minimum absolute atomic E-state index is 0.253. The van der Waals surface area contributed by atoms with Crippen molar-refractivity contribution >= 4 is 11.9 Å². The maximum Gasteiger partial charge on any atom is 0.335 e. The first-order valence-corrected chi connectivity index (χ1v) is 9.72. The van der Waals surface area contributed by atoms with Crippen LogP contribution in [0, 0.1) is 0 Å². The maximum atomic E-state index is 11.7. The van der Waals surface area contributed by atoms with Crippen molar-refractivity contribution in [3.8, 4) is 0 Å². The van der Waals surface area contributed by atoms with Gasteiger partial charge in [0.2, 0.25) is 0 Å². The molecule has 0 aliphatic carbocycles. The zero-order valence-electron chi connectivity index (χ0n) is 15.1. The van der Waals surface area contributed by atoms with Crippen LogP contribution in [0.15, 0.2) is 16.3 Å². The predicted molar refractivity (Wildman–Crippen MR) is 97.9 cm³/mol. The first-order chi connectivity index (χ1) is 11.6. The summed E-state index contributed by atoms with van der Waals surface area (Å²) in [4.78, 5) is 18.0. The van der Waals surface area contributed by atoms with Gasteiger partial charge in [-0.25, -0.2) is 9.79 Å². The summed E-state index contributed by atoms with van der Waals surface area (Å²) in [6.45, 7) is 3.04. The topological polar surface area (TPSA) is 78.9 Å². The molecule has 3 N–H and O–H groups in total. The van der Waals surface area contributed by atoms with E-state index in [9.17, 15) is 9.90 Å². The van der Waals surface area contributed by atoms with E-state index in [2.05, 4.69) is 11.9 Å². The number of carboxylic acids is 1.